The second-order valence-corrected chi connectivity index (χ2v) is 7.15. The first-order valence-corrected chi connectivity index (χ1v) is 8.78. The van der Waals surface area contributed by atoms with Crippen molar-refractivity contribution in [3.05, 3.63) is 62.8 Å². The summed E-state index contributed by atoms with van der Waals surface area (Å²) in [5, 5.41) is 13.6. The Morgan fingerprint density at radius 3 is 2.38 bits per heavy atom. The molecule has 10 heteroatoms. The van der Waals surface area contributed by atoms with E-state index in [-0.39, 0.29) is 26.9 Å². The maximum atomic E-state index is 13.0. The van der Waals surface area contributed by atoms with Crippen molar-refractivity contribution in [1.82, 2.24) is 14.3 Å². The van der Waals surface area contributed by atoms with Gasteiger partial charge in [-0.2, -0.15) is 13.5 Å². The fourth-order valence-electron chi connectivity index (χ4n) is 2.26. The van der Waals surface area contributed by atoms with Gasteiger partial charge in [-0.05, 0) is 43.3 Å². The molecule has 0 saturated heterocycles. The number of aromatic nitrogens is 3. The lowest BCUT2D eigenvalue weighted by atomic mass is 10.3. The Labute approximate surface area is 160 Å². The van der Waals surface area contributed by atoms with Crippen LogP contribution in [0.2, 0.25) is 10.0 Å². The molecule has 0 fully saturated rings. The molecule has 5 nitrogen and oxygen atoms in total. The van der Waals surface area contributed by atoms with Crippen molar-refractivity contribution >= 4 is 35.0 Å². The maximum Gasteiger partial charge on any atom is 0.355 e. The molecule has 0 bridgehead atoms. The Morgan fingerprint density at radius 1 is 1.15 bits per heavy atom. The molecule has 1 N–H and O–H groups in total. The maximum absolute atomic E-state index is 13.0. The van der Waals surface area contributed by atoms with Gasteiger partial charge in [-0.1, -0.05) is 35.0 Å². The van der Waals surface area contributed by atoms with Crippen LogP contribution in [-0.4, -0.2) is 19.5 Å². The van der Waals surface area contributed by atoms with Gasteiger partial charge in [-0.3, -0.25) is 0 Å². The number of phenols is 1. The molecule has 1 heterocycles. The number of nitrogens with zero attached hydrogens (tertiary/aromatic N) is 3. The van der Waals surface area contributed by atoms with E-state index >= 15 is 0 Å². The van der Waals surface area contributed by atoms with E-state index in [9.17, 15) is 18.7 Å². The molecule has 3 aromatic rings. The van der Waals surface area contributed by atoms with Gasteiger partial charge in [-0.25, -0.2) is 9.36 Å². The molecule has 0 saturated carbocycles. The molecule has 0 aliphatic rings. The van der Waals surface area contributed by atoms with Gasteiger partial charge in [-0.15, -0.1) is 5.10 Å². The Morgan fingerprint density at radius 2 is 1.81 bits per heavy atom. The van der Waals surface area contributed by atoms with Crippen LogP contribution in [-0.2, 0) is 0 Å². The van der Waals surface area contributed by atoms with Crippen molar-refractivity contribution in [2.45, 2.75) is 23.3 Å². The summed E-state index contributed by atoms with van der Waals surface area (Å²) in [6, 6.07) is 9.34. The van der Waals surface area contributed by atoms with E-state index in [0.717, 1.165) is 9.58 Å². The monoisotopic (exact) mass is 417 g/mol. The van der Waals surface area contributed by atoms with Gasteiger partial charge in [0.25, 0.3) is 0 Å². The summed E-state index contributed by atoms with van der Waals surface area (Å²) in [4.78, 5) is 13.6. The van der Waals surface area contributed by atoms with E-state index in [1.54, 1.807) is 12.1 Å². The quantitative estimate of drug-likeness (QED) is 0.655. The van der Waals surface area contributed by atoms with Crippen LogP contribution >= 0.6 is 35.0 Å². The number of alkyl halides is 2. The molecule has 26 heavy (non-hydrogen) atoms. The van der Waals surface area contributed by atoms with E-state index < -0.39 is 12.2 Å². The van der Waals surface area contributed by atoms with Crippen LogP contribution in [0.5, 0.6) is 5.75 Å². The van der Waals surface area contributed by atoms with Crippen LogP contribution in [0.25, 0.3) is 5.69 Å². The summed E-state index contributed by atoms with van der Waals surface area (Å²) < 4.78 is 27.1. The predicted octanol–water partition coefficient (Wildman–Crippen LogP) is 4.90. The molecule has 0 unspecified atom stereocenters. The van der Waals surface area contributed by atoms with Gasteiger partial charge in [0.2, 0.25) is 0 Å². The topological polar surface area (TPSA) is 60.0 Å². The van der Waals surface area contributed by atoms with Crippen molar-refractivity contribution in [2.75, 3.05) is 0 Å². The molecule has 0 amide bonds. The van der Waals surface area contributed by atoms with Crippen LogP contribution < -0.4 is 5.69 Å². The van der Waals surface area contributed by atoms with E-state index in [1.807, 2.05) is 0 Å². The molecular weight excluding hydrogens is 407 g/mol. The Bertz CT molecular complexity index is 1020. The second-order valence-electron chi connectivity index (χ2n) is 5.22. The Balaban J connectivity index is 2.08. The lowest BCUT2D eigenvalue weighted by Crippen LogP contribution is -2.25. The molecule has 0 atom stereocenters. The number of hydrogen-bond donors (Lipinski definition) is 1. The zero-order valence-corrected chi connectivity index (χ0v) is 15.5. The van der Waals surface area contributed by atoms with Crippen LogP contribution in [0.15, 0.2) is 51.0 Å². The summed E-state index contributed by atoms with van der Waals surface area (Å²) in [5.41, 5.74) is -0.854. The smallest absolute Gasteiger partial charge is 0.355 e. The molecule has 0 radical (unpaired) electrons. The molecule has 136 valence electrons. The number of benzene rings is 2. The van der Waals surface area contributed by atoms with E-state index in [0.29, 0.717) is 9.92 Å². The SMILES string of the molecule is Cc1nn(-c2cc(Sc3ccc(O)cc3)c(Cl)cc2Cl)c(=O)n1C(F)F. The Hall–Kier alpha value is -2.03. The van der Waals surface area contributed by atoms with Crippen molar-refractivity contribution in [3.8, 4) is 11.4 Å². The van der Waals surface area contributed by atoms with Gasteiger partial charge in [0.05, 0.1) is 15.7 Å². The first-order valence-electron chi connectivity index (χ1n) is 7.20. The predicted molar refractivity (Wildman–Crippen MR) is 96.1 cm³/mol. The number of hydrogen-bond acceptors (Lipinski definition) is 4. The number of phenolic OH excluding ortho intramolecular Hbond substituents is 1. The first kappa shape index (κ1) is 18.8. The molecule has 3 rings (SSSR count). The van der Waals surface area contributed by atoms with E-state index in [4.69, 9.17) is 23.2 Å². The minimum absolute atomic E-state index is 0.103. The van der Waals surface area contributed by atoms with Crippen LogP contribution in [0.1, 0.15) is 12.4 Å². The van der Waals surface area contributed by atoms with Gasteiger partial charge in [0.1, 0.15) is 11.6 Å². The number of aromatic hydroxyl groups is 1. The third kappa shape index (κ3) is 3.58. The summed E-state index contributed by atoms with van der Waals surface area (Å²) in [7, 11) is 0. The van der Waals surface area contributed by atoms with Crippen LogP contribution in [0, 0.1) is 6.92 Å². The fourth-order valence-corrected chi connectivity index (χ4v) is 3.69. The molecule has 2 aromatic carbocycles. The highest BCUT2D eigenvalue weighted by molar-refractivity contribution is 7.99. The average Bonchev–Trinajstić information content (AvgIpc) is 2.86. The molecule has 1 aromatic heterocycles. The van der Waals surface area contributed by atoms with Crippen molar-refractivity contribution in [2.24, 2.45) is 0 Å². The van der Waals surface area contributed by atoms with Crippen molar-refractivity contribution in [1.29, 1.82) is 0 Å². The lowest BCUT2D eigenvalue weighted by molar-refractivity contribution is 0.0640. The van der Waals surface area contributed by atoms with Crippen molar-refractivity contribution in [3.63, 3.8) is 0 Å². The summed E-state index contributed by atoms with van der Waals surface area (Å²) >= 11 is 13.6. The summed E-state index contributed by atoms with van der Waals surface area (Å²) in [6.45, 7) is -1.70. The minimum atomic E-state index is -3.01. The number of rotatable bonds is 4. The van der Waals surface area contributed by atoms with Gasteiger partial charge in [0, 0.05) is 9.79 Å². The van der Waals surface area contributed by atoms with E-state index in [1.165, 1.54) is 43.0 Å². The van der Waals surface area contributed by atoms with Crippen LogP contribution in [0.4, 0.5) is 8.78 Å². The standard InChI is InChI=1S/C16H11Cl2F2N3O2S/c1-8-21-23(16(25)22(8)15(19)20)13-7-14(12(18)6-11(13)17)26-10-4-2-9(24)3-5-10/h2-7,15,24H,1H3. The highest BCUT2D eigenvalue weighted by Gasteiger charge is 2.20. The molecular formula is C16H11Cl2F2N3O2S. The van der Waals surface area contributed by atoms with Crippen molar-refractivity contribution < 1.29 is 13.9 Å². The number of halogens is 4. The van der Waals surface area contributed by atoms with Crippen LogP contribution in [0.3, 0.4) is 0 Å². The molecule has 0 aliphatic carbocycles. The normalized spacial score (nSPS) is 11.3. The average molecular weight is 418 g/mol. The summed E-state index contributed by atoms with van der Waals surface area (Å²) in [6.07, 6.45) is 0. The zero-order chi connectivity index (χ0) is 19.0. The van der Waals surface area contributed by atoms with E-state index in [2.05, 4.69) is 5.10 Å². The molecule has 0 spiro atoms. The Kier molecular flexibility index (Phi) is 5.27. The zero-order valence-electron chi connectivity index (χ0n) is 13.2. The molecule has 0 aliphatic heterocycles. The highest BCUT2D eigenvalue weighted by atomic mass is 35.5. The fraction of sp³-hybridized carbons (Fsp3) is 0.125. The second kappa shape index (κ2) is 7.30. The lowest BCUT2D eigenvalue weighted by Gasteiger charge is -2.09. The first-order chi connectivity index (χ1) is 12.3. The van der Waals surface area contributed by atoms with Gasteiger partial charge in [0.15, 0.2) is 0 Å². The number of aryl methyl sites for hydroxylation is 1. The highest BCUT2D eigenvalue weighted by Crippen LogP contribution is 2.37. The summed E-state index contributed by atoms with van der Waals surface area (Å²) in [5.74, 6) is -0.0134. The third-order valence-electron chi connectivity index (χ3n) is 3.47. The third-order valence-corrected chi connectivity index (χ3v) is 5.26. The van der Waals surface area contributed by atoms with Gasteiger partial charge < -0.3 is 5.11 Å². The minimum Gasteiger partial charge on any atom is -0.508 e. The van der Waals surface area contributed by atoms with Gasteiger partial charge >= 0.3 is 12.2 Å². The largest absolute Gasteiger partial charge is 0.508 e.